The Morgan fingerprint density at radius 3 is 2.22 bits per heavy atom. The summed E-state index contributed by atoms with van der Waals surface area (Å²) in [6, 6.07) is 28.7. The third-order valence-electron chi connectivity index (χ3n) is 4.95. The van der Waals surface area contributed by atoms with Crippen molar-refractivity contribution in [3.05, 3.63) is 84.4 Å². The predicted octanol–water partition coefficient (Wildman–Crippen LogP) is 6.56. The van der Waals surface area contributed by atoms with Gasteiger partial charge in [0.25, 0.3) is 0 Å². The SMILES string of the molecule is Cc1ccc2cc(-c3ccccc3)c3cccc4ccc1c2c43. The van der Waals surface area contributed by atoms with E-state index in [2.05, 4.69) is 85.8 Å². The summed E-state index contributed by atoms with van der Waals surface area (Å²) in [4.78, 5) is 0. The molecule has 0 radical (unpaired) electrons. The third-order valence-corrected chi connectivity index (χ3v) is 4.95. The Balaban J connectivity index is 2.07. The highest BCUT2D eigenvalue weighted by molar-refractivity contribution is 6.26. The Labute approximate surface area is 135 Å². The van der Waals surface area contributed by atoms with E-state index in [0.717, 1.165) is 0 Å². The average Bonchev–Trinajstić information content (AvgIpc) is 2.62. The molecule has 0 aromatic heterocycles. The maximum absolute atomic E-state index is 2.35. The van der Waals surface area contributed by atoms with E-state index in [0.29, 0.717) is 0 Å². The summed E-state index contributed by atoms with van der Waals surface area (Å²) >= 11 is 0. The molecule has 0 heterocycles. The standard InChI is InChI=1S/C23H16/c1-15-10-11-18-14-21(16-6-3-2-4-7-16)20-9-5-8-17-12-13-19(15)23(18)22(17)20/h2-14H,1H3. The van der Waals surface area contributed by atoms with Crippen molar-refractivity contribution in [2.75, 3.05) is 0 Å². The van der Waals surface area contributed by atoms with Gasteiger partial charge in [-0.25, -0.2) is 0 Å². The van der Waals surface area contributed by atoms with Gasteiger partial charge in [0.15, 0.2) is 0 Å². The van der Waals surface area contributed by atoms with Crippen molar-refractivity contribution >= 4 is 32.3 Å². The summed E-state index contributed by atoms with van der Waals surface area (Å²) in [6.07, 6.45) is 0. The van der Waals surface area contributed by atoms with Gasteiger partial charge in [0.05, 0.1) is 0 Å². The van der Waals surface area contributed by atoms with Crippen LogP contribution in [0.25, 0.3) is 43.4 Å². The van der Waals surface area contributed by atoms with Crippen LogP contribution in [0, 0.1) is 6.92 Å². The summed E-state index contributed by atoms with van der Waals surface area (Å²) < 4.78 is 0. The molecule has 0 aliphatic heterocycles. The molecule has 0 atom stereocenters. The molecule has 23 heavy (non-hydrogen) atoms. The van der Waals surface area contributed by atoms with Crippen LogP contribution in [0.1, 0.15) is 5.56 Å². The lowest BCUT2D eigenvalue weighted by Crippen LogP contribution is -1.89. The minimum atomic E-state index is 1.28. The smallest absolute Gasteiger partial charge is 0.00205 e. The summed E-state index contributed by atoms with van der Waals surface area (Å²) in [5.74, 6) is 0. The van der Waals surface area contributed by atoms with E-state index in [9.17, 15) is 0 Å². The highest BCUT2D eigenvalue weighted by Gasteiger charge is 2.13. The minimum absolute atomic E-state index is 1.28. The topological polar surface area (TPSA) is 0 Å². The number of hydrogen-bond donors (Lipinski definition) is 0. The van der Waals surface area contributed by atoms with Gasteiger partial charge in [-0.05, 0) is 62.0 Å². The molecule has 0 fully saturated rings. The van der Waals surface area contributed by atoms with Crippen LogP contribution in [0.4, 0.5) is 0 Å². The average molecular weight is 292 g/mol. The third kappa shape index (κ3) is 1.72. The maximum Gasteiger partial charge on any atom is -0.00205 e. The number of hydrogen-bond acceptors (Lipinski definition) is 0. The first kappa shape index (κ1) is 12.7. The second kappa shape index (κ2) is 4.57. The molecule has 0 nitrogen and oxygen atoms in total. The molecule has 108 valence electrons. The second-order valence-electron chi connectivity index (χ2n) is 6.29. The molecule has 5 aromatic carbocycles. The largest absolute Gasteiger partial charge is 0.0622 e. The molecule has 0 unspecified atom stereocenters. The first-order valence-electron chi connectivity index (χ1n) is 8.05. The van der Waals surface area contributed by atoms with Crippen LogP contribution in [0.15, 0.2) is 78.9 Å². The van der Waals surface area contributed by atoms with Crippen LogP contribution >= 0.6 is 0 Å². The van der Waals surface area contributed by atoms with Gasteiger partial charge in [-0.1, -0.05) is 72.8 Å². The van der Waals surface area contributed by atoms with E-state index in [1.54, 1.807) is 0 Å². The summed E-state index contributed by atoms with van der Waals surface area (Å²) in [7, 11) is 0. The highest BCUT2D eigenvalue weighted by atomic mass is 14.2. The van der Waals surface area contributed by atoms with Crippen molar-refractivity contribution in [3.63, 3.8) is 0 Å². The Kier molecular flexibility index (Phi) is 2.51. The van der Waals surface area contributed by atoms with Crippen molar-refractivity contribution in [1.29, 1.82) is 0 Å². The number of aryl methyl sites for hydroxylation is 1. The summed E-state index contributed by atoms with van der Waals surface area (Å²) in [5, 5.41) is 8.16. The van der Waals surface area contributed by atoms with Crippen LogP contribution in [0.2, 0.25) is 0 Å². The first-order valence-corrected chi connectivity index (χ1v) is 8.05. The molecule has 5 rings (SSSR count). The van der Waals surface area contributed by atoms with E-state index >= 15 is 0 Å². The van der Waals surface area contributed by atoms with Gasteiger partial charge in [-0.3, -0.25) is 0 Å². The predicted molar refractivity (Wildman–Crippen MR) is 100 cm³/mol. The number of benzene rings is 5. The van der Waals surface area contributed by atoms with Crippen LogP contribution in [-0.2, 0) is 0 Å². The molecule has 0 amide bonds. The first-order chi connectivity index (χ1) is 11.3. The normalized spacial score (nSPS) is 11.7. The van der Waals surface area contributed by atoms with E-state index in [4.69, 9.17) is 0 Å². The van der Waals surface area contributed by atoms with E-state index in [1.807, 2.05) is 0 Å². The van der Waals surface area contributed by atoms with Crippen LogP contribution < -0.4 is 0 Å². The molecule has 0 spiro atoms. The second-order valence-corrected chi connectivity index (χ2v) is 6.29. The fourth-order valence-electron chi connectivity index (χ4n) is 3.83. The Bertz CT molecular complexity index is 1150. The molecule has 5 aromatic rings. The zero-order valence-corrected chi connectivity index (χ0v) is 13.0. The molecule has 0 saturated heterocycles. The lowest BCUT2D eigenvalue weighted by molar-refractivity contribution is 1.55. The monoisotopic (exact) mass is 292 g/mol. The van der Waals surface area contributed by atoms with E-state index in [-0.39, 0.29) is 0 Å². The van der Waals surface area contributed by atoms with Crippen molar-refractivity contribution in [2.45, 2.75) is 6.92 Å². The molecule has 0 heteroatoms. The molecule has 0 saturated carbocycles. The van der Waals surface area contributed by atoms with Gasteiger partial charge < -0.3 is 0 Å². The van der Waals surface area contributed by atoms with Crippen LogP contribution in [0.3, 0.4) is 0 Å². The molecule has 0 aliphatic rings. The van der Waals surface area contributed by atoms with Gasteiger partial charge in [0.1, 0.15) is 0 Å². The van der Waals surface area contributed by atoms with Crippen LogP contribution in [0.5, 0.6) is 0 Å². The van der Waals surface area contributed by atoms with E-state index in [1.165, 1.54) is 49.0 Å². The fraction of sp³-hybridized carbons (Fsp3) is 0.0435. The Hall–Kier alpha value is -2.86. The maximum atomic E-state index is 2.35. The van der Waals surface area contributed by atoms with Crippen molar-refractivity contribution in [2.24, 2.45) is 0 Å². The number of rotatable bonds is 1. The van der Waals surface area contributed by atoms with Gasteiger partial charge in [0, 0.05) is 0 Å². The molecule has 0 aliphatic carbocycles. The molecular weight excluding hydrogens is 276 g/mol. The minimum Gasteiger partial charge on any atom is -0.0622 e. The molecular formula is C23H16. The quantitative estimate of drug-likeness (QED) is 0.307. The van der Waals surface area contributed by atoms with Crippen molar-refractivity contribution in [1.82, 2.24) is 0 Å². The lowest BCUT2D eigenvalue weighted by Gasteiger charge is -2.16. The van der Waals surface area contributed by atoms with Gasteiger partial charge in [-0.15, -0.1) is 0 Å². The van der Waals surface area contributed by atoms with Gasteiger partial charge >= 0.3 is 0 Å². The zero-order chi connectivity index (χ0) is 15.4. The Morgan fingerprint density at radius 2 is 1.35 bits per heavy atom. The summed E-state index contributed by atoms with van der Waals surface area (Å²) in [5.41, 5.74) is 3.94. The van der Waals surface area contributed by atoms with Gasteiger partial charge in [0.2, 0.25) is 0 Å². The molecule has 0 bridgehead atoms. The molecule has 0 N–H and O–H groups in total. The lowest BCUT2D eigenvalue weighted by atomic mass is 9.88. The van der Waals surface area contributed by atoms with Gasteiger partial charge in [-0.2, -0.15) is 0 Å². The summed E-state index contributed by atoms with van der Waals surface area (Å²) in [6.45, 7) is 2.20. The fourth-order valence-corrected chi connectivity index (χ4v) is 3.83. The highest BCUT2D eigenvalue weighted by Crippen LogP contribution is 2.40. The van der Waals surface area contributed by atoms with Crippen molar-refractivity contribution in [3.8, 4) is 11.1 Å². The Morgan fingerprint density at radius 1 is 0.565 bits per heavy atom. The van der Waals surface area contributed by atoms with E-state index < -0.39 is 0 Å². The zero-order valence-electron chi connectivity index (χ0n) is 13.0. The van der Waals surface area contributed by atoms with Crippen LogP contribution in [-0.4, -0.2) is 0 Å². The van der Waals surface area contributed by atoms with Crippen molar-refractivity contribution < 1.29 is 0 Å².